The first-order valence-corrected chi connectivity index (χ1v) is 10.6. The molecule has 0 bridgehead atoms. The van der Waals surface area contributed by atoms with Gasteiger partial charge in [0.15, 0.2) is 5.71 Å². The van der Waals surface area contributed by atoms with Crippen LogP contribution >= 0.6 is 0 Å². The molecule has 1 fully saturated rings. The van der Waals surface area contributed by atoms with Gasteiger partial charge < -0.3 is 10.1 Å². The van der Waals surface area contributed by atoms with E-state index in [-0.39, 0.29) is 17.5 Å². The highest BCUT2D eigenvalue weighted by Crippen LogP contribution is 2.37. The Bertz CT molecular complexity index is 963. The van der Waals surface area contributed by atoms with Gasteiger partial charge in [-0.05, 0) is 43.0 Å². The molecule has 6 nitrogen and oxygen atoms in total. The quantitative estimate of drug-likeness (QED) is 0.704. The van der Waals surface area contributed by atoms with Crippen LogP contribution in [0.2, 0.25) is 0 Å². The second-order valence-corrected chi connectivity index (χ2v) is 7.93. The van der Waals surface area contributed by atoms with Crippen molar-refractivity contribution >= 4 is 23.2 Å². The molecule has 4 rings (SSSR count). The Balaban J connectivity index is 1.56. The Morgan fingerprint density at radius 2 is 1.90 bits per heavy atom. The number of nitrogens with one attached hydrogen (secondary N) is 2. The maximum absolute atomic E-state index is 12.6. The normalized spacial score (nSPS) is 17.5. The van der Waals surface area contributed by atoms with Crippen molar-refractivity contribution in [2.45, 2.75) is 44.9 Å². The van der Waals surface area contributed by atoms with Crippen molar-refractivity contribution in [1.29, 1.82) is 0 Å². The molecule has 2 amide bonds. The standard InChI is InChI=1S/C24H27N3O3/c1-30-20-15-14-19-21(18(20)13-12-16-8-4-2-5-9-16)25-24(29)22(19)26-27-23(28)17-10-6-3-7-11-17/h3,6-7,10-11,14-16H,2,4-5,8-9,12-13H2,1H3,(H,27,28)(H,25,26,29). The molecule has 156 valence electrons. The van der Waals surface area contributed by atoms with E-state index in [1.165, 1.54) is 32.1 Å². The van der Waals surface area contributed by atoms with Crippen molar-refractivity contribution in [1.82, 2.24) is 5.43 Å². The Morgan fingerprint density at radius 3 is 2.63 bits per heavy atom. The second kappa shape index (κ2) is 9.11. The van der Waals surface area contributed by atoms with E-state index < -0.39 is 0 Å². The Hall–Kier alpha value is -3.15. The van der Waals surface area contributed by atoms with Gasteiger partial charge in [0, 0.05) is 16.7 Å². The fourth-order valence-electron chi connectivity index (χ4n) is 4.40. The third-order valence-electron chi connectivity index (χ3n) is 6.03. The van der Waals surface area contributed by atoms with Crippen LogP contribution in [0.5, 0.6) is 5.75 Å². The number of hydrogen-bond acceptors (Lipinski definition) is 4. The highest BCUT2D eigenvalue weighted by Gasteiger charge is 2.30. The summed E-state index contributed by atoms with van der Waals surface area (Å²) in [5, 5.41) is 7.07. The molecule has 1 saturated carbocycles. The lowest BCUT2D eigenvalue weighted by Gasteiger charge is -2.22. The maximum atomic E-state index is 12.6. The van der Waals surface area contributed by atoms with Gasteiger partial charge in [0.25, 0.3) is 11.8 Å². The number of benzene rings is 2. The molecule has 1 aliphatic carbocycles. The first-order chi connectivity index (χ1) is 14.7. The van der Waals surface area contributed by atoms with Crippen molar-refractivity contribution < 1.29 is 14.3 Å². The van der Waals surface area contributed by atoms with E-state index in [9.17, 15) is 9.59 Å². The molecule has 0 spiro atoms. The zero-order chi connectivity index (χ0) is 20.9. The molecule has 0 saturated heterocycles. The van der Waals surface area contributed by atoms with Gasteiger partial charge >= 0.3 is 0 Å². The molecule has 0 atom stereocenters. The zero-order valence-corrected chi connectivity index (χ0v) is 17.2. The minimum absolute atomic E-state index is 0.218. The predicted octanol–water partition coefficient (Wildman–Crippen LogP) is 4.29. The summed E-state index contributed by atoms with van der Waals surface area (Å²) in [6.07, 6.45) is 8.45. The van der Waals surface area contributed by atoms with Crippen LogP contribution < -0.4 is 15.5 Å². The lowest BCUT2D eigenvalue weighted by molar-refractivity contribution is -0.110. The Labute approximate surface area is 176 Å². The number of nitrogens with zero attached hydrogens (tertiary/aromatic N) is 1. The van der Waals surface area contributed by atoms with Crippen molar-refractivity contribution in [2.24, 2.45) is 11.0 Å². The van der Waals surface area contributed by atoms with E-state index in [2.05, 4.69) is 15.8 Å². The van der Waals surface area contributed by atoms with E-state index >= 15 is 0 Å². The number of hydrogen-bond donors (Lipinski definition) is 2. The number of carbonyl (C=O) groups is 2. The molecule has 0 radical (unpaired) electrons. The Morgan fingerprint density at radius 1 is 1.13 bits per heavy atom. The van der Waals surface area contributed by atoms with E-state index in [1.54, 1.807) is 31.4 Å². The lowest BCUT2D eigenvalue weighted by Crippen LogP contribution is -2.23. The highest BCUT2D eigenvalue weighted by molar-refractivity contribution is 6.54. The third kappa shape index (κ3) is 4.22. The topological polar surface area (TPSA) is 79.8 Å². The lowest BCUT2D eigenvalue weighted by atomic mass is 9.85. The number of amides is 2. The molecule has 2 aliphatic rings. The van der Waals surface area contributed by atoms with Crippen LogP contribution in [0.3, 0.4) is 0 Å². The molecular formula is C24H27N3O3. The van der Waals surface area contributed by atoms with Crippen LogP contribution in [-0.2, 0) is 11.2 Å². The number of ether oxygens (including phenoxy) is 1. The van der Waals surface area contributed by atoms with E-state index in [1.807, 2.05) is 18.2 Å². The minimum Gasteiger partial charge on any atom is -0.496 e. The first kappa shape index (κ1) is 20.1. The fourth-order valence-corrected chi connectivity index (χ4v) is 4.40. The summed E-state index contributed by atoms with van der Waals surface area (Å²) >= 11 is 0. The molecule has 2 N–H and O–H groups in total. The molecule has 2 aromatic carbocycles. The zero-order valence-electron chi connectivity index (χ0n) is 17.2. The highest BCUT2D eigenvalue weighted by atomic mass is 16.5. The van der Waals surface area contributed by atoms with E-state index in [0.717, 1.165) is 35.8 Å². The second-order valence-electron chi connectivity index (χ2n) is 7.93. The van der Waals surface area contributed by atoms with Gasteiger partial charge in [0.2, 0.25) is 0 Å². The van der Waals surface area contributed by atoms with Gasteiger partial charge in [0.1, 0.15) is 5.75 Å². The van der Waals surface area contributed by atoms with Crippen molar-refractivity contribution in [3.63, 3.8) is 0 Å². The molecule has 1 heterocycles. The molecule has 0 unspecified atom stereocenters. The summed E-state index contributed by atoms with van der Waals surface area (Å²) in [6, 6.07) is 12.5. The van der Waals surface area contributed by atoms with Crippen LogP contribution in [0.25, 0.3) is 0 Å². The van der Waals surface area contributed by atoms with Gasteiger partial charge in [-0.25, -0.2) is 5.43 Å². The van der Waals surface area contributed by atoms with Gasteiger partial charge in [-0.15, -0.1) is 0 Å². The molecular weight excluding hydrogens is 378 g/mol. The number of anilines is 1. The summed E-state index contributed by atoms with van der Waals surface area (Å²) < 4.78 is 5.58. The number of carbonyl (C=O) groups excluding carboxylic acids is 2. The van der Waals surface area contributed by atoms with Gasteiger partial charge in [-0.3, -0.25) is 9.59 Å². The average Bonchev–Trinajstić information content (AvgIpc) is 3.12. The monoisotopic (exact) mass is 405 g/mol. The number of methoxy groups -OCH3 is 1. The molecule has 30 heavy (non-hydrogen) atoms. The summed E-state index contributed by atoms with van der Waals surface area (Å²) in [4.78, 5) is 24.9. The fraction of sp³-hybridized carbons (Fsp3) is 0.375. The van der Waals surface area contributed by atoms with E-state index in [4.69, 9.17) is 4.74 Å². The van der Waals surface area contributed by atoms with E-state index in [0.29, 0.717) is 11.1 Å². The molecule has 0 aromatic heterocycles. The minimum atomic E-state index is -0.351. The van der Waals surface area contributed by atoms with Crippen LogP contribution in [0.15, 0.2) is 47.6 Å². The predicted molar refractivity (Wildman–Crippen MR) is 117 cm³/mol. The van der Waals surface area contributed by atoms with Gasteiger partial charge in [-0.2, -0.15) is 5.10 Å². The number of hydrazone groups is 1. The average molecular weight is 405 g/mol. The summed E-state index contributed by atoms with van der Waals surface area (Å²) in [5.74, 6) is 0.843. The SMILES string of the molecule is COc1ccc2c(c1CCC1CCCCC1)NC(=O)/C2=N\NC(=O)c1ccccc1. The third-order valence-corrected chi connectivity index (χ3v) is 6.03. The summed E-state index contributed by atoms with van der Waals surface area (Å²) in [7, 11) is 1.65. The number of rotatable bonds is 6. The van der Waals surface area contributed by atoms with Crippen molar-refractivity contribution in [3.05, 3.63) is 59.2 Å². The Kier molecular flexibility index (Phi) is 6.12. The van der Waals surface area contributed by atoms with Crippen LogP contribution in [0.1, 0.15) is 60.0 Å². The van der Waals surface area contributed by atoms with Crippen LogP contribution in [0, 0.1) is 5.92 Å². The van der Waals surface area contributed by atoms with Crippen LogP contribution in [-0.4, -0.2) is 24.6 Å². The first-order valence-electron chi connectivity index (χ1n) is 10.6. The smallest absolute Gasteiger partial charge is 0.276 e. The van der Waals surface area contributed by atoms with Gasteiger partial charge in [-0.1, -0.05) is 50.3 Å². The molecule has 6 heteroatoms. The van der Waals surface area contributed by atoms with Crippen LogP contribution in [0.4, 0.5) is 5.69 Å². The number of fused-ring (bicyclic) bond motifs is 1. The molecule has 2 aromatic rings. The van der Waals surface area contributed by atoms with Crippen molar-refractivity contribution in [2.75, 3.05) is 12.4 Å². The largest absolute Gasteiger partial charge is 0.496 e. The maximum Gasteiger partial charge on any atom is 0.276 e. The summed E-state index contributed by atoms with van der Waals surface area (Å²) in [5.41, 5.74) is 5.67. The molecule has 1 aliphatic heterocycles. The van der Waals surface area contributed by atoms with Gasteiger partial charge in [0.05, 0.1) is 12.8 Å². The summed E-state index contributed by atoms with van der Waals surface area (Å²) in [6.45, 7) is 0. The van der Waals surface area contributed by atoms with Crippen molar-refractivity contribution in [3.8, 4) is 5.75 Å².